The minimum Gasteiger partial charge on any atom is -0.478 e. The lowest BCUT2D eigenvalue weighted by Crippen LogP contribution is -2.01. The number of nitrogens with zero attached hydrogens (tertiary/aromatic N) is 1. The second kappa shape index (κ2) is 5.54. The number of aryl methyl sites for hydroxylation is 3. The highest BCUT2D eigenvalue weighted by molar-refractivity contribution is 7.12. The highest BCUT2D eigenvalue weighted by atomic mass is 32.1. The summed E-state index contributed by atoms with van der Waals surface area (Å²) in [5.74, 6) is -0.911. The quantitative estimate of drug-likeness (QED) is 0.753. The van der Waals surface area contributed by atoms with Gasteiger partial charge in [-0.3, -0.25) is 0 Å². The number of carboxylic acid groups (broad SMARTS) is 1. The van der Waals surface area contributed by atoms with E-state index < -0.39 is 5.97 Å². The third kappa shape index (κ3) is 2.40. The van der Waals surface area contributed by atoms with Crippen molar-refractivity contribution in [3.8, 4) is 11.3 Å². The number of pyridine rings is 1. The fraction of sp³-hybridized carbons (Fsp3) is 0.222. The first-order chi connectivity index (χ1) is 10.5. The number of hydrogen-bond donors (Lipinski definition) is 1. The Hall–Kier alpha value is -2.20. The molecule has 0 saturated heterocycles. The van der Waals surface area contributed by atoms with Gasteiger partial charge in [0, 0.05) is 20.7 Å². The van der Waals surface area contributed by atoms with E-state index in [1.807, 2.05) is 25.1 Å². The fourth-order valence-electron chi connectivity index (χ4n) is 2.79. The Morgan fingerprint density at radius 3 is 2.64 bits per heavy atom. The van der Waals surface area contributed by atoms with E-state index in [1.54, 1.807) is 17.4 Å². The number of carbonyl (C=O) groups is 1. The molecule has 0 aliphatic rings. The minimum absolute atomic E-state index is 0.318. The molecule has 1 aromatic carbocycles. The SMILES string of the molecule is CCc1cccc2c(C(=O)O)cc(-c3cc(C)sc3C)nc12. The lowest BCUT2D eigenvalue weighted by atomic mass is 10.0. The highest BCUT2D eigenvalue weighted by Gasteiger charge is 2.16. The van der Waals surface area contributed by atoms with Crippen LogP contribution in [0, 0.1) is 13.8 Å². The minimum atomic E-state index is -0.911. The second-order valence-electron chi connectivity index (χ2n) is 5.35. The van der Waals surface area contributed by atoms with E-state index in [0.717, 1.165) is 33.6 Å². The van der Waals surface area contributed by atoms with Gasteiger partial charge in [-0.2, -0.15) is 0 Å². The average Bonchev–Trinajstić information content (AvgIpc) is 2.84. The van der Waals surface area contributed by atoms with Crippen LogP contribution in [-0.4, -0.2) is 16.1 Å². The summed E-state index contributed by atoms with van der Waals surface area (Å²) in [7, 11) is 0. The van der Waals surface area contributed by atoms with Crippen LogP contribution in [0.15, 0.2) is 30.3 Å². The first kappa shape index (κ1) is 14.7. The lowest BCUT2D eigenvalue weighted by Gasteiger charge is -2.09. The molecule has 0 unspecified atom stereocenters. The maximum atomic E-state index is 11.7. The van der Waals surface area contributed by atoms with E-state index in [0.29, 0.717) is 10.9 Å². The Kier molecular flexibility index (Phi) is 3.71. The highest BCUT2D eigenvalue weighted by Crippen LogP contribution is 2.32. The second-order valence-corrected chi connectivity index (χ2v) is 6.81. The third-order valence-corrected chi connectivity index (χ3v) is 4.82. The molecule has 0 aliphatic heterocycles. The summed E-state index contributed by atoms with van der Waals surface area (Å²) in [5.41, 5.74) is 3.96. The van der Waals surface area contributed by atoms with Crippen molar-refractivity contribution in [1.29, 1.82) is 0 Å². The Morgan fingerprint density at radius 2 is 2.05 bits per heavy atom. The summed E-state index contributed by atoms with van der Waals surface area (Å²) in [6, 6.07) is 9.51. The van der Waals surface area contributed by atoms with Gasteiger partial charge < -0.3 is 5.11 Å². The molecule has 0 amide bonds. The average molecular weight is 311 g/mol. The van der Waals surface area contributed by atoms with Crippen molar-refractivity contribution in [2.24, 2.45) is 0 Å². The topological polar surface area (TPSA) is 50.2 Å². The summed E-state index contributed by atoms with van der Waals surface area (Å²) in [5, 5.41) is 10.3. The van der Waals surface area contributed by atoms with E-state index in [2.05, 4.69) is 19.9 Å². The van der Waals surface area contributed by atoms with Gasteiger partial charge in [0.15, 0.2) is 0 Å². The molecule has 0 saturated carbocycles. The van der Waals surface area contributed by atoms with E-state index >= 15 is 0 Å². The van der Waals surface area contributed by atoms with Gasteiger partial charge in [-0.25, -0.2) is 9.78 Å². The van der Waals surface area contributed by atoms with Crippen molar-refractivity contribution in [2.75, 3.05) is 0 Å². The summed E-state index contributed by atoms with van der Waals surface area (Å²) in [6.45, 7) is 6.16. The molecule has 0 atom stereocenters. The zero-order chi connectivity index (χ0) is 15.9. The number of aromatic carboxylic acids is 1. The number of thiophene rings is 1. The first-order valence-corrected chi connectivity index (χ1v) is 8.06. The predicted molar refractivity (Wildman–Crippen MR) is 90.9 cm³/mol. The van der Waals surface area contributed by atoms with Crippen LogP contribution in [0.25, 0.3) is 22.2 Å². The van der Waals surface area contributed by atoms with Crippen LogP contribution in [0.5, 0.6) is 0 Å². The fourth-order valence-corrected chi connectivity index (χ4v) is 3.73. The molecule has 3 nitrogen and oxygen atoms in total. The van der Waals surface area contributed by atoms with Crippen molar-refractivity contribution in [3.63, 3.8) is 0 Å². The van der Waals surface area contributed by atoms with Crippen LogP contribution in [0.3, 0.4) is 0 Å². The Bertz CT molecular complexity index is 880. The van der Waals surface area contributed by atoms with Crippen molar-refractivity contribution in [3.05, 3.63) is 51.2 Å². The number of rotatable bonds is 3. The molecular formula is C18H17NO2S. The van der Waals surface area contributed by atoms with Crippen LogP contribution >= 0.6 is 11.3 Å². The molecule has 2 aromatic heterocycles. The molecule has 4 heteroatoms. The van der Waals surface area contributed by atoms with Crippen LogP contribution in [-0.2, 0) is 6.42 Å². The number of fused-ring (bicyclic) bond motifs is 1. The molecule has 0 aliphatic carbocycles. The summed E-state index contributed by atoms with van der Waals surface area (Å²) < 4.78 is 0. The molecule has 2 heterocycles. The molecule has 3 rings (SSSR count). The van der Waals surface area contributed by atoms with Crippen molar-refractivity contribution < 1.29 is 9.90 Å². The van der Waals surface area contributed by atoms with E-state index in [9.17, 15) is 9.90 Å². The van der Waals surface area contributed by atoms with E-state index in [-0.39, 0.29) is 0 Å². The molecule has 22 heavy (non-hydrogen) atoms. The summed E-state index contributed by atoms with van der Waals surface area (Å²) in [6.07, 6.45) is 0.828. The number of carboxylic acids is 1. The number of aromatic nitrogens is 1. The van der Waals surface area contributed by atoms with Crippen molar-refractivity contribution >= 4 is 28.2 Å². The lowest BCUT2D eigenvalue weighted by molar-refractivity contribution is 0.0699. The monoisotopic (exact) mass is 311 g/mol. The summed E-state index contributed by atoms with van der Waals surface area (Å²) in [4.78, 5) is 18.8. The zero-order valence-corrected chi connectivity index (χ0v) is 13.6. The molecule has 0 fully saturated rings. The van der Waals surface area contributed by atoms with Gasteiger partial charge in [0.05, 0.1) is 16.8 Å². The standard InChI is InChI=1S/C18H17NO2S/c1-4-12-6-5-7-13-15(18(20)21)9-16(19-17(12)13)14-8-10(2)22-11(14)3/h5-9H,4H2,1-3H3,(H,20,21). The van der Waals surface area contributed by atoms with Gasteiger partial charge in [-0.1, -0.05) is 25.1 Å². The first-order valence-electron chi connectivity index (χ1n) is 7.24. The molecule has 0 bridgehead atoms. The number of hydrogen-bond acceptors (Lipinski definition) is 3. The van der Waals surface area contributed by atoms with Crippen LogP contribution in [0.1, 0.15) is 32.6 Å². The van der Waals surface area contributed by atoms with Crippen LogP contribution in [0.2, 0.25) is 0 Å². The maximum Gasteiger partial charge on any atom is 0.336 e. The molecule has 3 aromatic rings. The Labute approximate surface area is 133 Å². The number of benzene rings is 1. The number of para-hydroxylation sites is 1. The Morgan fingerprint density at radius 1 is 1.27 bits per heavy atom. The van der Waals surface area contributed by atoms with Crippen LogP contribution in [0.4, 0.5) is 0 Å². The maximum absolute atomic E-state index is 11.7. The van der Waals surface area contributed by atoms with Crippen molar-refractivity contribution in [1.82, 2.24) is 4.98 Å². The van der Waals surface area contributed by atoms with Gasteiger partial charge in [0.2, 0.25) is 0 Å². The molecule has 112 valence electrons. The predicted octanol–water partition coefficient (Wildman–Crippen LogP) is 4.84. The Balaban J connectivity index is 2.37. The van der Waals surface area contributed by atoms with E-state index in [1.165, 1.54) is 4.88 Å². The largest absolute Gasteiger partial charge is 0.478 e. The van der Waals surface area contributed by atoms with Gasteiger partial charge >= 0.3 is 5.97 Å². The van der Waals surface area contributed by atoms with Gasteiger partial charge in [-0.15, -0.1) is 11.3 Å². The van der Waals surface area contributed by atoms with Gasteiger partial charge in [-0.05, 0) is 38.0 Å². The van der Waals surface area contributed by atoms with Crippen molar-refractivity contribution in [2.45, 2.75) is 27.2 Å². The molecular weight excluding hydrogens is 294 g/mol. The molecule has 1 N–H and O–H groups in total. The summed E-state index contributed by atoms with van der Waals surface area (Å²) >= 11 is 1.71. The zero-order valence-electron chi connectivity index (χ0n) is 12.8. The van der Waals surface area contributed by atoms with E-state index in [4.69, 9.17) is 4.98 Å². The van der Waals surface area contributed by atoms with Gasteiger partial charge in [0.1, 0.15) is 0 Å². The smallest absolute Gasteiger partial charge is 0.336 e. The van der Waals surface area contributed by atoms with Crippen LogP contribution < -0.4 is 0 Å². The van der Waals surface area contributed by atoms with Gasteiger partial charge in [0.25, 0.3) is 0 Å². The normalized spacial score (nSPS) is 11.0. The third-order valence-electron chi connectivity index (χ3n) is 3.85. The molecule has 0 spiro atoms. The molecule has 0 radical (unpaired) electrons.